The van der Waals surface area contributed by atoms with Gasteiger partial charge < -0.3 is 9.84 Å². The van der Waals surface area contributed by atoms with E-state index in [1.54, 1.807) is 0 Å². The van der Waals surface area contributed by atoms with Crippen LogP contribution >= 0.6 is 11.3 Å². The lowest BCUT2D eigenvalue weighted by Crippen LogP contribution is -2.50. The van der Waals surface area contributed by atoms with Gasteiger partial charge in [0.05, 0.1) is 17.8 Å². The Morgan fingerprint density at radius 1 is 1.15 bits per heavy atom. The molecule has 4 aliphatic carbocycles. The Morgan fingerprint density at radius 3 is 2.70 bits per heavy atom. The number of esters is 1. The minimum atomic E-state index is -0.951. The maximum absolute atomic E-state index is 12.1. The van der Waals surface area contributed by atoms with E-state index in [1.165, 1.54) is 36.3 Å². The average Bonchev–Trinajstić information content (AvgIpc) is 3.34. The predicted molar refractivity (Wildman–Crippen MR) is 128 cm³/mol. The van der Waals surface area contributed by atoms with E-state index in [2.05, 4.69) is 32.2 Å². The second kappa shape index (κ2) is 8.51. The van der Waals surface area contributed by atoms with Crippen molar-refractivity contribution in [2.45, 2.75) is 97.0 Å². The molecule has 0 aliphatic heterocycles. The molecule has 5 rings (SSSR count). The van der Waals surface area contributed by atoms with Crippen molar-refractivity contribution in [3.05, 3.63) is 27.7 Å². The van der Waals surface area contributed by atoms with Gasteiger partial charge in [-0.3, -0.25) is 9.59 Å². The predicted octanol–water partition coefficient (Wildman–Crippen LogP) is 6.27. The lowest BCUT2D eigenvalue weighted by Gasteiger charge is -2.58. The molecule has 3 saturated carbocycles. The summed E-state index contributed by atoms with van der Waals surface area (Å²) in [5, 5.41) is 12.4. The summed E-state index contributed by atoms with van der Waals surface area (Å²) in [5.41, 5.74) is 3.22. The van der Waals surface area contributed by atoms with E-state index in [4.69, 9.17) is 14.8 Å². The fraction of sp³-hybridized carbons (Fsp3) is 0.741. The van der Waals surface area contributed by atoms with Crippen LogP contribution in [0.1, 0.15) is 94.7 Å². The summed E-state index contributed by atoms with van der Waals surface area (Å²) in [6, 6.07) is 0. The molecule has 0 amide bonds. The molecule has 0 aromatic carbocycles. The molecule has 7 unspecified atom stereocenters. The van der Waals surface area contributed by atoms with Gasteiger partial charge in [-0.05, 0) is 80.5 Å². The van der Waals surface area contributed by atoms with Crippen molar-refractivity contribution in [3.63, 3.8) is 0 Å². The molecule has 7 atom stereocenters. The third-order valence-corrected chi connectivity index (χ3v) is 10.9. The number of ether oxygens (including phenoxy) is 1. The fourth-order valence-corrected chi connectivity index (χ4v) is 9.21. The van der Waals surface area contributed by atoms with Crippen molar-refractivity contribution in [3.8, 4) is 0 Å². The Morgan fingerprint density at radius 2 is 1.97 bits per heavy atom. The van der Waals surface area contributed by atoms with E-state index in [-0.39, 0.29) is 30.3 Å². The Balaban J connectivity index is 1.30. The molecule has 0 radical (unpaired) electrons. The molecule has 0 bridgehead atoms. The number of hydrogen-bond donors (Lipinski definition) is 1. The van der Waals surface area contributed by atoms with Crippen molar-refractivity contribution in [2.24, 2.45) is 28.6 Å². The van der Waals surface area contributed by atoms with Crippen molar-refractivity contribution in [2.75, 3.05) is 0 Å². The van der Waals surface area contributed by atoms with Crippen LogP contribution in [-0.4, -0.2) is 28.1 Å². The van der Waals surface area contributed by atoms with Crippen LogP contribution in [0.5, 0.6) is 0 Å². The van der Waals surface area contributed by atoms with Crippen LogP contribution in [0, 0.1) is 35.5 Å². The second-order valence-corrected chi connectivity index (χ2v) is 12.4. The number of aryl methyl sites for hydroxylation is 1. The number of rotatable bonds is 5. The maximum Gasteiger partial charge on any atom is 0.306 e. The van der Waals surface area contributed by atoms with Crippen molar-refractivity contribution >= 4 is 23.3 Å². The van der Waals surface area contributed by atoms with Crippen LogP contribution in [0.4, 0.5) is 0 Å². The van der Waals surface area contributed by atoms with Gasteiger partial charge in [-0.25, -0.2) is 4.98 Å². The van der Waals surface area contributed by atoms with Gasteiger partial charge in [0.25, 0.3) is 0 Å². The quantitative estimate of drug-likeness (QED) is 0.404. The smallest absolute Gasteiger partial charge is 0.306 e. The Bertz CT molecular complexity index is 969. The first kappa shape index (κ1) is 23.1. The molecule has 1 heterocycles. The fourth-order valence-electron chi connectivity index (χ4n) is 8.12. The van der Waals surface area contributed by atoms with Gasteiger partial charge in [0.2, 0.25) is 0 Å². The van der Waals surface area contributed by atoms with Crippen LogP contribution in [0.25, 0.3) is 0 Å². The molecule has 4 aliphatic rings. The molecular weight excluding hydrogens is 434 g/mol. The van der Waals surface area contributed by atoms with Crippen molar-refractivity contribution in [1.29, 1.82) is 0 Å². The molecule has 1 aromatic heterocycles. The van der Waals surface area contributed by atoms with E-state index < -0.39 is 5.97 Å². The number of hydrogen-bond acceptors (Lipinski definition) is 5. The van der Waals surface area contributed by atoms with Crippen molar-refractivity contribution in [1.82, 2.24) is 4.98 Å². The summed E-state index contributed by atoms with van der Waals surface area (Å²) >= 11 is 1.86. The summed E-state index contributed by atoms with van der Waals surface area (Å²) in [6.45, 7) is 7.13. The molecule has 3 fully saturated rings. The van der Waals surface area contributed by atoms with Gasteiger partial charge in [-0.1, -0.05) is 25.5 Å². The lowest BCUT2D eigenvalue weighted by molar-refractivity contribution is -0.154. The third-order valence-electron chi connectivity index (χ3n) is 9.83. The monoisotopic (exact) mass is 471 g/mol. The summed E-state index contributed by atoms with van der Waals surface area (Å²) in [6.07, 6.45) is 11.3. The number of nitrogens with zero attached hydrogens (tertiary/aromatic N) is 1. The normalized spacial score (nSPS) is 39.7. The van der Waals surface area contributed by atoms with Crippen LogP contribution in [0.3, 0.4) is 0 Å². The Hall–Kier alpha value is -1.69. The van der Waals surface area contributed by atoms with E-state index in [0.717, 1.165) is 49.1 Å². The first-order valence-electron chi connectivity index (χ1n) is 12.7. The zero-order valence-corrected chi connectivity index (χ0v) is 21.0. The summed E-state index contributed by atoms with van der Waals surface area (Å²) in [5.74, 6) is 1.53. The molecule has 0 spiro atoms. The SMILES string of the molecule is Cc1csc(C2CCC3C4CC=C5CC(OC(=O)CCC(=O)O)CCC5(C)C4CCC23C)n1. The summed E-state index contributed by atoms with van der Waals surface area (Å²) in [7, 11) is 0. The molecule has 0 saturated heterocycles. The van der Waals surface area contributed by atoms with Crippen LogP contribution in [0.15, 0.2) is 17.0 Å². The zero-order valence-electron chi connectivity index (χ0n) is 20.1. The first-order chi connectivity index (χ1) is 15.7. The van der Waals surface area contributed by atoms with Crippen LogP contribution < -0.4 is 0 Å². The number of carboxylic acid groups (broad SMARTS) is 1. The topological polar surface area (TPSA) is 76.5 Å². The number of carbonyl (C=O) groups is 2. The summed E-state index contributed by atoms with van der Waals surface area (Å²) in [4.78, 5) is 27.7. The van der Waals surface area contributed by atoms with E-state index in [0.29, 0.717) is 11.3 Å². The molecule has 5 nitrogen and oxygen atoms in total. The second-order valence-electron chi connectivity index (χ2n) is 11.5. The van der Waals surface area contributed by atoms with Crippen molar-refractivity contribution < 1.29 is 19.4 Å². The summed E-state index contributed by atoms with van der Waals surface area (Å²) < 4.78 is 5.67. The molecule has 180 valence electrons. The van der Waals surface area contributed by atoms with Gasteiger partial charge in [0.1, 0.15) is 6.10 Å². The molecule has 33 heavy (non-hydrogen) atoms. The number of carbonyl (C=O) groups excluding carboxylic acids is 1. The Labute approximate surface area is 201 Å². The average molecular weight is 472 g/mol. The highest BCUT2D eigenvalue weighted by Crippen LogP contribution is 2.68. The number of thiazole rings is 1. The number of carboxylic acids is 1. The van der Waals surface area contributed by atoms with Gasteiger partial charge in [-0.15, -0.1) is 11.3 Å². The Kier molecular flexibility index (Phi) is 5.95. The zero-order chi connectivity index (χ0) is 23.4. The van der Waals surface area contributed by atoms with E-state index in [1.807, 2.05) is 11.3 Å². The van der Waals surface area contributed by atoms with Gasteiger partial charge in [-0.2, -0.15) is 0 Å². The first-order valence-corrected chi connectivity index (χ1v) is 13.6. The number of aromatic nitrogens is 1. The van der Waals surface area contributed by atoms with Gasteiger partial charge in [0.15, 0.2) is 0 Å². The number of allylic oxidation sites excluding steroid dienone is 1. The minimum Gasteiger partial charge on any atom is -0.481 e. The lowest BCUT2D eigenvalue weighted by atomic mass is 9.47. The van der Waals surface area contributed by atoms with Crippen LogP contribution in [-0.2, 0) is 14.3 Å². The number of fused-ring (bicyclic) bond motifs is 5. The van der Waals surface area contributed by atoms with Gasteiger partial charge >= 0.3 is 11.9 Å². The highest BCUT2D eigenvalue weighted by atomic mass is 32.1. The highest BCUT2D eigenvalue weighted by molar-refractivity contribution is 7.09. The third kappa shape index (κ3) is 3.96. The van der Waals surface area contributed by atoms with Crippen LogP contribution in [0.2, 0.25) is 0 Å². The molecule has 6 heteroatoms. The highest BCUT2D eigenvalue weighted by Gasteiger charge is 2.59. The molecular formula is C27H37NO4S. The minimum absolute atomic E-state index is 0.0348. The molecule has 1 N–H and O–H groups in total. The van der Waals surface area contributed by atoms with E-state index >= 15 is 0 Å². The standard InChI is InChI=1S/C27H37NO4S/c1-16-15-33-25(28-16)22-7-6-20-19-5-4-17-14-18(32-24(31)9-8-23(29)30)10-12-26(17,2)21(19)11-13-27(20,22)3/h4,15,18-22H,5-14H2,1-3H3,(H,29,30). The molecule has 1 aromatic rings. The van der Waals surface area contributed by atoms with Gasteiger partial charge in [0, 0.05) is 23.4 Å². The number of aliphatic carboxylic acids is 1. The maximum atomic E-state index is 12.1. The van der Waals surface area contributed by atoms with E-state index in [9.17, 15) is 9.59 Å². The largest absolute Gasteiger partial charge is 0.481 e.